The zero-order valence-electron chi connectivity index (χ0n) is 13.6. The van der Waals surface area contributed by atoms with Crippen LogP contribution in [0.2, 0.25) is 0 Å². The van der Waals surface area contributed by atoms with Crippen molar-refractivity contribution in [3.63, 3.8) is 0 Å². The molecule has 0 bridgehead atoms. The molecule has 2 heterocycles. The highest BCUT2D eigenvalue weighted by Gasteiger charge is 2.14. The molecule has 0 amide bonds. The SMILES string of the molecule is CSc1ccn(S(=O)(=O)CCCCCCCc2cc(C)no2)n1. The van der Waals surface area contributed by atoms with Crippen molar-refractivity contribution < 1.29 is 12.9 Å². The van der Waals surface area contributed by atoms with Crippen LogP contribution in [0.4, 0.5) is 0 Å². The van der Waals surface area contributed by atoms with Gasteiger partial charge < -0.3 is 4.52 Å². The third-order valence-electron chi connectivity index (χ3n) is 3.54. The molecule has 0 fully saturated rings. The molecule has 0 aliphatic heterocycles. The Morgan fingerprint density at radius 3 is 2.61 bits per heavy atom. The highest BCUT2D eigenvalue weighted by Crippen LogP contribution is 2.13. The first-order chi connectivity index (χ1) is 11.0. The Bertz CT molecular complexity index is 707. The summed E-state index contributed by atoms with van der Waals surface area (Å²) in [6, 6.07) is 3.67. The molecule has 6 nitrogen and oxygen atoms in total. The number of thioether (sulfide) groups is 1. The lowest BCUT2D eigenvalue weighted by molar-refractivity contribution is 0.375. The topological polar surface area (TPSA) is 78.0 Å². The fourth-order valence-corrected chi connectivity index (χ4v) is 3.93. The van der Waals surface area contributed by atoms with Gasteiger partial charge in [0.1, 0.15) is 10.8 Å². The van der Waals surface area contributed by atoms with Gasteiger partial charge in [0.05, 0.1) is 11.4 Å². The zero-order valence-corrected chi connectivity index (χ0v) is 15.2. The van der Waals surface area contributed by atoms with Gasteiger partial charge in [0.2, 0.25) is 0 Å². The number of aromatic nitrogens is 3. The van der Waals surface area contributed by atoms with E-state index in [4.69, 9.17) is 4.52 Å². The Morgan fingerprint density at radius 1 is 1.22 bits per heavy atom. The predicted molar refractivity (Wildman–Crippen MR) is 91.2 cm³/mol. The van der Waals surface area contributed by atoms with E-state index in [0.717, 1.165) is 52.7 Å². The van der Waals surface area contributed by atoms with Gasteiger partial charge in [0.15, 0.2) is 0 Å². The Balaban J connectivity index is 1.61. The minimum Gasteiger partial charge on any atom is -0.361 e. The molecule has 23 heavy (non-hydrogen) atoms. The molecular formula is C15H23N3O3S2. The number of nitrogens with zero attached hydrogens (tertiary/aromatic N) is 3. The van der Waals surface area contributed by atoms with Crippen molar-refractivity contribution in [1.29, 1.82) is 0 Å². The van der Waals surface area contributed by atoms with E-state index in [-0.39, 0.29) is 5.75 Å². The van der Waals surface area contributed by atoms with E-state index < -0.39 is 10.0 Å². The van der Waals surface area contributed by atoms with E-state index >= 15 is 0 Å². The standard InChI is InChI=1S/C15H23N3O3S2/c1-13-12-14(21-17-13)8-6-4-3-5-7-11-23(19,20)18-10-9-15(16-18)22-2/h9-10,12H,3-8,11H2,1-2H3. The second-order valence-electron chi connectivity index (χ2n) is 5.50. The lowest BCUT2D eigenvalue weighted by Gasteiger charge is -2.04. The highest BCUT2D eigenvalue weighted by atomic mass is 32.2. The zero-order chi connectivity index (χ0) is 16.7. The molecule has 0 aliphatic rings. The maximum atomic E-state index is 12.1. The molecule has 0 radical (unpaired) electrons. The Kier molecular flexibility index (Phi) is 6.71. The first-order valence-corrected chi connectivity index (χ1v) is 10.6. The molecule has 0 saturated heterocycles. The second kappa shape index (κ2) is 8.54. The molecule has 0 saturated carbocycles. The van der Waals surface area contributed by atoms with Crippen LogP contribution in [0.1, 0.15) is 43.6 Å². The lowest BCUT2D eigenvalue weighted by atomic mass is 10.1. The summed E-state index contributed by atoms with van der Waals surface area (Å²) in [7, 11) is -3.31. The van der Waals surface area contributed by atoms with E-state index in [1.807, 2.05) is 19.2 Å². The third kappa shape index (κ3) is 5.69. The molecular weight excluding hydrogens is 334 g/mol. The minimum atomic E-state index is -3.31. The first kappa shape index (κ1) is 18.1. The molecule has 8 heteroatoms. The number of hydrogen-bond acceptors (Lipinski definition) is 6. The van der Waals surface area contributed by atoms with Gasteiger partial charge >= 0.3 is 0 Å². The third-order valence-corrected chi connectivity index (χ3v) is 5.75. The van der Waals surface area contributed by atoms with Gasteiger partial charge in [-0.05, 0) is 32.1 Å². The van der Waals surface area contributed by atoms with Crippen molar-refractivity contribution in [2.24, 2.45) is 0 Å². The van der Waals surface area contributed by atoms with Crippen LogP contribution < -0.4 is 0 Å². The highest BCUT2D eigenvalue weighted by molar-refractivity contribution is 7.98. The number of hydrogen-bond donors (Lipinski definition) is 0. The first-order valence-electron chi connectivity index (χ1n) is 7.76. The van der Waals surface area contributed by atoms with Gasteiger partial charge in [-0.15, -0.1) is 11.8 Å². The van der Waals surface area contributed by atoms with Crippen molar-refractivity contribution in [2.45, 2.75) is 50.5 Å². The average molecular weight is 358 g/mol. The normalized spacial score (nSPS) is 11.9. The average Bonchev–Trinajstić information content (AvgIpc) is 3.15. The van der Waals surface area contributed by atoms with Gasteiger partial charge in [-0.3, -0.25) is 0 Å². The predicted octanol–water partition coefficient (Wildman–Crippen LogP) is 3.27. The largest absolute Gasteiger partial charge is 0.361 e. The van der Waals surface area contributed by atoms with Crippen molar-refractivity contribution in [3.05, 3.63) is 29.8 Å². The fraction of sp³-hybridized carbons (Fsp3) is 0.600. The Hall–Kier alpha value is -1.28. The molecule has 0 unspecified atom stereocenters. The van der Waals surface area contributed by atoms with E-state index in [2.05, 4.69) is 10.3 Å². The van der Waals surface area contributed by atoms with Crippen LogP contribution in [0.15, 0.2) is 27.9 Å². The van der Waals surface area contributed by atoms with Crippen LogP contribution in [0.5, 0.6) is 0 Å². The summed E-state index contributed by atoms with van der Waals surface area (Å²) in [6.07, 6.45) is 8.99. The van der Waals surface area contributed by atoms with E-state index in [9.17, 15) is 8.42 Å². The van der Waals surface area contributed by atoms with Crippen LogP contribution >= 0.6 is 11.8 Å². The molecule has 0 N–H and O–H groups in total. The molecule has 0 atom stereocenters. The van der Waals surface area contributed by atoms with Crippen molar-refractivity contribution in [2.75, 3.05) is 12.0 Å². The van der Waals surface area contributed by atoms with Crippen LogP contribution in [0, 0.1) is 6.92 Å². The molecule has 2 rings (SSSR count). The van der Waals surface area contributed by atoms with Crippen LogP contribution in [-0.4, -0.2) is 34.8 Å². The molecule has 0 spiro atoms. The van der Waals surface area contributed by atoms with E-state index in [1.54, 1.807) is 6.07 Å². The van der Waals surface area contributed by atoms with Gasteiger partial charge in [-0.2, -0.15) is 9.19 Å². The van der Waals surface area contributed by atoms with Crippen molar-refractivity contribution >= 4 is 21.8 Å². The van der Waals surface area contributed by atoms with E-state index in [1.165, 1.54) is 18.0 Å². The van der Waals surface area contributed by atoms with Crippen molar-refractivity contribution in [3.8, 4) is 0 Å². The smallest absolute Gasteiger partial charge is 0.253 e. The molecule has 2 aromatic heterocycles. The quantitative estimate of drug-likeness (QED) is 0.480. The van der Waals surface area contributed by atoms with Gasteiger partial charge in [-0.1, -0.05) is 24.4 Å². The Labute approximate surface area is 141 Å². The van der Waals surface area contributed by atoms with Crippen molar-refractivity contribution in [1.82, 2.24) is 14.3 Å². The molecule has 2 aromatic rings. The summed E-state index contributed by atoms with van der Waals surface area (Å²) in [6.45, 7) is 1.91. The number of rotatable bonds is 10. The van der Waals surface area contributed by atoms with Crippen LogP contribution in [0.3, 0.4) is 0 Å². The number of aryl methyl sites for hydroxylation is 2. The summed E-state index contributed by atoms with van der Waals surface area (Å²) in [5.41, 5.74) is 0.911. The fourth-order valence-electron chi connectivity index (χ4n) is 2.30. The summed E-state index contributed by atoms with van der Waals surface area (Å²) in [5.74, 6) is 1.07. The van der Waals surface area contributed by atoms with Gasteiger partial charge in [0, 0.05) is 18.7 Å². The Morgan fingerprint density at radius 2 is 1.96 bits per heavy atom. The molecule has 0 aliphatic carbocycles. The van der Waals surface area contributed by atoms with E-state index in [0.29, 0.717) is 6.42 Å². The summed E-state index contributed by atoms with van der Waals surface area (Å²) in [5, 5.41) is 8.62. The lowest BCUT2D eigenvalue weighted by Crippen LogP contribution is -2.17. The monoisotopic (exact) mass is 357 g/mol. The van der Waals surface area contributed by atoms with Gasteiger partial charge in [-0.25, -0.2) is 8.42 Å². The minimum absolute atomic E-state index is 0.143. The maximum Gasteiger partial charge on any atom is 0.253 e. The van der Waals surface area contributed by atoms with Gasteiger partial charge in [0.25, 0.3) is 10.0 Å². The van der Waals surface area contributed by atoms with Crippen LogP contribution in [-0.2, 0) is 16.4 Å². The maximum absolute atomic E-state index is 12.1. The van der Waals surface area contributed by atoms with Crippen LogP contribution in [0.25, 0.3) is 0 Å². The molecule has 0 aromatic carbocycles. The molecule has 128 valence electrons. The second-order valence-corrected chi connectivity index (χ2v) is 8.27. The number of unbranched alkanes of at least 4 members (excludes halogenated alkanes) is 4. The summed E-state index contributed by atoms with van der Waals surface area (Å²) >= 11 is 1.43. The summed E-state index contributed by atoms with van der Waals surface area (Å²) < 4.78 is 30.5. The summed E-state index contributed by atoms with van der Waals surface area (Å²) in [4.78, 5) is 0.